The molecule has 0 N–H and O–H groups in total. The molecule has 0 saturated carbocycles. The van der Waals surface area contributed by atoms with Crippen molar-refractivity contribution in [2.24, 2.45) is 11.8 Å². The van der Waals surface area contributed by atoms with Crippen molar-refractivity contribution in [3.05, 3.63) is 29.8 Å². The quantitative estimate of drug-likeness (QED) is 0.651. The van der Waals surface area contributed by atoms with Crippen molar-refractivity contribution < 1.29 is 19.1 Å². The third-order valence-corrected chi connectivity index (χ3v) is 3.81. The van der Waals surface area contributed by atoms with Gasteiger partial charge in [-0.05, 0) is 31.4 Å². The Hall–Kier alpha value is -2.04. The second-order valence-corrected chi connectivity index (χ2v) is 6.55. The molecule has 1 unspecified atom stereocenters. The minimum atomic E-state index is -0.356. The second kappa shape index (κ2) is 9.96. The molecule has 1 aromatic rings. The van der Waals surface area contributed by atoms with Crippen LogP contribution in [0.1, 0.15) is 32.8 Å². The van der Waals surface area contributed by atoms with Crippen molar-refractivity contribution in [1.82, 2.24) is 4.90 Å². The summed E-state index contributed by atoms with van der Waals surface area (Å²) in [4.78, 5) is 25.8. The molecule has 0 bridgehead atoms. The molecule has 0 aromatic heterocycles. The average Bonchev–Trinajstić information content (AvgIpc) is 2.56. The minimum absolute atomic E-state index is 0.0327. The first-order chi connectivity index (χ1) is 11.3. The van der Waals surface area contributed by atoms with E-state index in [0.29, 0.717) is 24.8 Å². The zero-order valence-electron chi connectivity index (χ0n) is 15.4. The lowest BCUT2D eigenvalue weighted by atomic mass is 10.1. The number of amides is 1. The van der Waals surface area contributed by atoms with Gasteiger partial charge in [-0.2, -0.15) is 0 Å². The molecular weight excluding hydrogens is 306 g/mol. The predicted octanol–water partition coefficient (Wildman–Crippen LogP) is 3.06. The smallest absolute Gasteiger partial charge is 0.310 e. The molecular formula is C19H29NO4. The van der Waals surface area contributed by atoms with Crippen LogP contribution >= 0.6 is 0 Å². The maximum atomic E-state index is 12.5. The summed E-state index contributed by atoms with van der Waals surface area (Å²) < 4.78 is 10.3. The normalized spacial score (nSPS) is 11.9. The molecule has 1 amide bonds. The van der Waals surface area contributed by atoms with Crippen LogP contribution in [0.2, 0.25) is 0 Å². The molecule has 0 aliphatic rings. The van der Waals surface area contributed by atoms with Crippen LogP contribution in [0, 0.1) is 18.8 Å². The summed E-state index contributed by atoms with van der Waals surface area (Å²) in [6.45, 7) is 8.89. The maximum absolute atomic E-state index is 12.5. The number of hydrogen-bond acceptors (Lipinski definition) is 4. The average molecular weight is 335 g/mol. The first kappa shape index (κ1) is 20.0. The van der Waals surface area contributed by atoms with E-state index in [1.807, 2.05) is 31.2 Å². The van der Waals surface area contributed by atoms with E-state index in [0.717, 1.165) is 12.0 Å². The lowest BCUT2D eigenvalue weighted by Gasteiger charge is -2.26. The highest BCUT2D eigenvalue weighted by Gasteiger charge is 2.22. The van der Waals surface area contributed by atoms with E-state index in [-0.39, 0.29) is 24.4 Å². The van der Waals surface area contributed by atoms with Crippen molar-refractivity contribution in [1.29, 1.82) is 0 Å². The van der Waals surface area contributed by atoms with Gasteiger partial charge >= 0.3 is 5.97 Å². The van der Waals surface area contributed by atoms with Crippen LogP contribution in [-0.2, 0) is 14.3 Å². The molecule has 0 aliphatic carbocycles. The highest BCUT2D eigenvalue weighted by atomic mass is 16.5. The molecule has 5 nitrogen and oxygen atoms in total. The molecule has 1 atom stereocenters. The van der Waals surface area contributed by atoms with Gasteiger partial charge in [-0.15, -0.1) is 0 Å². The highest BCUT2D eigenvalue weighted by Crippen LogP contribution is 2.12. The van der Waals surface area contributed by atoms with E-state index in [1.165, 1.54) is 7.11 Å². The van der Waals surface area contributed by atoms with Crippen LogP contribution < -0.4 is 4.74 Å². The number of methoxy groups -OCH3 is 1. The molecule has 24 heavy (non-hydrogen) atoms. The lowest BCUT2D eigenvalue weighted by Crippen LogP contribution is -2.40. The van der Waals surface area contributed by atoms with E-state index in [2.05, 4.69) is 13.8 Å². The second-order valence-electron chi connectivity index (χ2n) is 6.55. The summed E-state index contributed by atoms with van der Waals surface area (Å²) in [5, 5.41) is 0. The monoisotopic (exact) mass is 335 g/mol. The van der Waals surface area contributed by atoms with Crippen molar-refractivity contribution in [2.45, 2.75) is 34.1 Å². The summed E-state index contributed by atoms with van der Waals surface area (Å²) in [5.41, 5.74) is 1.14. The number of carbonyl (C=O) groups excluding carboxylic acids is 2. The van der Waals surface area contributed by atoms with Gasteiger partial charge in [-0.25, -0.2) is 0 Å². The third-order valence-electron chi connectivity index (χ3n) is 3.81. The van der Waals surface area contributed by atoms with Gasteiger partial charge in [-0.3, -0.25) is 9.59 Å². The van der Waals surface area contributed by atoms with Crippen LogP contribution in [-0.4, -0.2) is 43.6 Å². The zero-order valence-corrected chi connectivity index (χ0v) is 15.4. The Morgan fingerprint density at radius 2 is 1.75 bits per heavy atom. The fourth-order valence-corrected chi connectivity index (χ4v) is 2.21. The van der Waals surface area contributed by atoms with Gasteiger partial charge in [0.15, 0.2) is 6.61 Å². The van der Waals surface area contributed by atoms with Crippen LogP contribution in [0.3, 0.4) is 0 Å². The van der Waals surface area contributed by atoms with E-state index >= 15 is 0 Å². The molecule has 0 saturated heterocycles. The number of aryl methyl sites for hydroxylation is 1. The van der Waals surface area contributed by atoms with Crippen molar-refractivity contribution in [3.8, 4) is 5.75 Å². The summed E-state index contributed by atoms with van der Waals surface area (Å²) in [5.74, 6) is 0.361. The molecule has 0 spiro atoms. The van der Waals surface area contributed by atoms with Crippen molar-refractivity contribution >= 4 is 11.9 Å². The zero-order chi connectivity index (χ0) is 18.1. The molecule has 1 rings (SSSR count). The number of rotatable bonds is 9. The molecule has 5 heteroatoms. The van der Waals surface area contributed by atoms with Gasteiger partial charge in [0, 0.05) is 13.1 Å². The van der Waals surface area contributed by atoms with Crippen molar-refractivity contribution in [2.75, 3.05) is 26.8 Å². The molecule has 0 aliphatic heterocycles. The van der Waals surface area contributed by atoms with E-state index in [4.69, 9.17) is 9.47 Å². The topological polar surface area (TPSA) is 55.8 Å². The Morgan fingerprint density at radius 3 is 2.29 bits per heavy atom. The van der Waals surface area contributed by atoms with E-state index < -0.39 is 0 Å². The fraction of sp³-hybridized carbons (Fsp3) is 0.579. The van der Waals surface area contributed by atoms with E-state index in [1.54, 1.807) is 11.8 Å². The van der Waals surface area contributed by atoms with Gasteiger partial charge in [0.25, 0.3) is 5.91 Å². The minimum Gasteiger partial charge on any atom is -0.484 e. The van der Waals surface area contributed by atoms with Crippen LogP contribution in [0.5, 0.6) is 5.75 Å². The van der Waals surface area contributed by atoms with Gasteiger partial charge in [-0.1, -0.05) is 38.5 Å². The largest absolute Gasteiger partial charge is 0.484 e. The number of carbonyl (C=O) groups is 2. The molecule has 0 heterocycles. The van der Waals surface area contributed by atoms with Crippen molar-refractivity contribution in [3.63, 3.8) is 0 Å². The van der Waals surface area contributed by atoms with Crippen LogP contribution in [0.15, 0.2) is 24.3 Å². The summed E-state index contributed by atoms with van der Waals surface area (Å²) in [7, 11) is 1.36. The number of ether oxygens (including phenoxy) is 2. The Morgan fingerprint density at radius 1 is 1.12 bits per heavy atom. The van der Waals surface area contributed by atoms with Crippen LogP contribution in [0.25, 0.3) is 0 Å². The Balaban J connectivity index is 2.64. The number of benzene rings is 1. The summed E-state index contributed by atoms with van der Waals surface area (Å²) in [6.07, 6.45) is 0.879. The van der Waals surface area contributed by atoms with Gasteiger partial charge in [0.05, 0.1) is 13.0 Å². The Kier molecular flexibility index (Phi) is 8.30. The molecule has 1 aromatic carbocycles. The number of hydrogen-bond donors (Lipinski definition) is 0. The maximum Gasteiger partial charge on any atom is 0.310 e. The van der Waals surface area contributed by atoms with Gasteiger partial charge in [0.1, 0.15) is 5.75 Å². The fourth-order valence-electron chi connectivity index (χ4n) is 2.21. The number of esters is 1. The van der Waals surface area contributed by atoms with Gasteiger partial charge in [0.2, 0.25) is 0 Å². The SMILES string of the molecule is COC(=O)C(C)CN(CCC(C)C)C(=O)COc1ccc(C)cc1. The van der Waals surface area contributed by atoms with E-state index in [9.17, 15) is 9.59 Å². The highest BCUT2D eigenvalue weighted by molar-refractivity contribution is 5.79. The number of nitrogens with zero attached hydrogens (tertiary/aromatic N) is 1. The Labute approximate surface area is 144 Å². The lowest BCUT2D eigenvalue weighted by molar-refractivity contribution is -0.146. The molecule has 0 radical (unpaired) electrons. The first-order valence-electron chi connectivity index (χ1n) is 8.38. The first-order valence-corrected chi connectivity index (χ1v) is 8.38. The molecule has 134 valence electrons. The predicted molar refractivity (Wildman–Crippen MR) is 93.9 cm³/mol. The summed E-state index contributed by atoms with van der Waals surface area (Å²) in [6, 6.07) is 7.57. The third kappa shape index (κ3) is 7.02. The van der Waals surface area contributed by atoms with Crippen LogP contribution in [0.4, 0.5) is 0 Å². The Bertz CT molecular complexity index is 525. The van der Waals surface area contributed by atoms with Gasteiger partial charge < -0.3 is 14.4 Å². The standard InChI is InChI=1S/C19H29NO4/c1-14(2)10-11-20(12-16(4)19(22)23-5)18(21)13-24-17-8-6-15(3)7-9-17/h6-9,14,16H,10-13H2,1-5H3. The molecule has 0 fully saturated rings. The summed E-state index contributed by atoms with van der Waals surface area (Å²) >= 11 is 0.